The van der Waals surface area contributed by atoms with Crippen molar-refractivity contribution in [1.29, 1.82) is 0 Å². The van der Waals surface area contributed by atoms with E-state index >= 15 is 0 Å². The first kappa shape index (κ1) is 13.7. The van der Waals surface area contributed by atoms with Gasteiger partial charge >= 0.3 is 0 Å². The van der Waals surface area contributed by atoms with E-state index in [2.05, 4.69) is 5.32 Å². The zero-order valence-corrected chi connectivity index (χ0v) is 11.0. The second kappa shape index (κ2) is 7.06. The summed E-state index contributed by atoms with van der Waals surface area (Å²) in [7, 11) is 1.55. The van der Waals surface area contributed by atoms with Gasteiger partial charge in [-0.05, 0) is 36.6 Å². The van der Waals surface area contributed by atoms with Gasteiger partial charge in [-0.3, -0.25) is 4.79 Å². The van der Waals surface area contributed by atoms with Gasteiger partial charge in [0.25, 0.3) is 5.91 Å². The summed E-state index contributed by atoms with van der Waals surface area (Å²) in [6.07, 6.45) is 3.02. The Morgan fingerprint density at radius 1 is 1.53 bits per heavy atom. The van der Waals surface area contributed by atoms with E-state index in [1.54, 1.807) is 37.1 Å². The Morgan fingerprint density at radius 2 is 2.29 bits per heavy atom. The number of amides is 1. The van der Waals surface area contributed by atoms with E-state index in [1.165, 1.54) is 0 Å². The minimum absolute atomic E-state index is 0.0968. The highest BCUT2D eigenvalue weighted by atomic mass is 32.2. The summed E-state index contributed by atoms with van der Waals surface area (Å²) in [5.74, 6) is 1.54. The molecule has 4 nitrogen and oxygen atoms in total. The van der Waals surface area contributed by atoms with E-state index in [-0.39, 0.29) is 5.91 Å². The average Bonchev–Trinajstić information content (AvgIpc) is 2.34. The van der Waals surface area contributed by atoms with E-state index in [0.29, 0.717) is 23.5 Å². The molecule has 0 bridgehead atoms. The smallest absolute Gasteiger partial charge is 0.251 e. The van der Waals surface area contributed by atoms with E-state index in [1.807, 2.05) is 6.26 Å². The molecule has 1 aromatic carbocycles. The predicted molar refractivity (Wildman–Crippen MR) is 72.7 cm³/mol. The molecule has 0 aliphatic heterocycles. The topological polar surface area (TPSA) is 64.3 Å². The van der Waals surface area contributed by atoms with Crippen molar-refractivity contribution in [2.45, 2.75) is 6.42 Å². The lowest BCUT2D eigenvalue weighted by Crippen LogP contribution is -2.24. The van der Waals surface area contributed by atoms with Crippen molar-refractivity contribution in [3.05, 3.63) is 23.8 Å². The number of ether oxygens (including phenoxy) is 1. The lowest BCUT2D eigenvalue weighted by Gasteiger charge is -2.08. The number of thioether (sulfide) groups is 1. The molecule has 0 aliphatic rings. The van der Waals surface area contributed by atoms with Gasteiger partial charge < -0.3 is 15.8 Å². The lowest BCUT2D eigenvalue weighted by molar-refractivity contribution is 0.0954. The van der Waals surface area contributed by atoms with E-state index < -0.39 is 0 Å². The molecule has 0 radical (unpaired) electrons. The van der Waals surface area contributed by atoms with Crippen LogP contribution in [0.25, 0.3) is 0 Å². The van der Waals surface area contributed by atoms with Gasteiger partial charge in [-0.15, -0.1) is 0 Å². The van der Waals surface area contributed by atoms with Crippen LogP contribution in [-0.4, -0.2) is 31.6 Å². The second-order valence-electron chi connectivity index (χ2n) is 3.56. The van der Waals surface area contributed by atoms with Crippen molar-refractivity contribution in [2.24, 2.45) is 0 Å². The van der Waals surface area contributed by atoms with Gasteiger partial charge in [0.1, 0.15) is 5.75 Å². The van der Waals surface area contributed by atoms with Crippen LogP contribution in [0.15, 0.2) is 18.2 Å². The lowest BCUT2D eigenvalue weighted by atomic mass is 10.1. The van der Waals surface area contributed by atoms with E-state index in [4.69, 9.17) is 10.5 Å². The Kier molecular flexibility index (Phi) is 5.69. The fourth-order valence-corrected chi connectivity index (χ4v) is 1.83. The fraction of sp³-hybridized carbons (Fsp3) is 0.417. The molecule has 0 spiro atoms. The molecule has 5 heteroatoms. The zero-order valence-electron chi connectivity index (χ0n) is 10.2. The third-order valence-electron chi connectivity index (χ3n) is 2.30. The molecule has 0 aromatic heterocycles. The van der Waals surface area contributed by atoms with Gasteiger partial charge in [0.2, 0.25) is 0 Å². The first-order chi connectivity index (χ1) is 8.19. The van der Waals surface area contributed by atoms with Crippen molar-refractivity contribution in [3.63, 3.8) is 0 Å². The van der Waals surface area contributed by atoms with Crippen LogP contribution in [0.1, 0.15) is 16.8 Å². The Balaban J connectivity index is 2.54. The minimum atomic E-state index is -0.0968. The number of hydrogen-bond donors (Lipinski definition) is 2. The third-order valence-corrected chi connectivity index (χ3v) is 3.00. The standard InChI is InChI=1S/C12H18N2O2S/c1-16-11-5-4-9(8-10(11)13)12(15)14-6-3-7-17-2/h4-5,8H,3,6-7,13H2,1-2H3,(H,14,15). The number of carbonyl (C=O) groups excluding carboxylic acids is 1. The first-order valence-electron chi connectivity index (χ1n) is 5.39. The van der Waals surface area contributed by atoms with Crippen molar-refractivity contribution < 1.29 is 9.53 Å². The van der Waals surface area contributed by atoms with Crippen molar-refractivity contribution in [2.75, 3.05) is 31.4 Å². The van der Waals surface area contributed by atoms with E-state index in [0.717, 1.165) is 12.2 Å². The maximum atomic E-state index is 11.7. The molecule has 17 heavy (non-hydrogen) atoms. The number of methoxy groups -OCH3 is 1. The first-order valence-corrected chi connectivity index (χ1v) is 6.79. The van der Waals surface area contributed by atoms with Crippen LogP contribution < -0.4 is 15.8 Å². The molecule has 0 unspecified atom stereocenters. The molecular weight excluding hydrogens is 236 g/mol. The molecule has 1 rings (SSSR count). The van der Waals surface area contributed by atoms with Crippen molar-refractivity contribution >= 4 is 23.4 Å². The molecule has 1 amide bonds. The zero-order chi connectivity index (χ0) is 12.7. The second-order valence-corrected chi connectivity index (χ2v) is 4.54. The van der Waals surface area contributed by atoms with Gasteiger partial charge in [-0.2, -0.15) is 11.8 Å². The summed E-state index contributed by atoms with van der Waals surface area (Å²) in [6.45, 7) is 0.686. The largest absolute Gasteiger partial charge is 0.495 e. The molecule has 0 aliphatic carbocycles. The number of nitrogen functional groups attached to an aromatic ring is 1. The molecule has 0 fully saturated rings. The van der Waals surface area contributed by atoms with Crippen molar-refractivity contribution in [3.8, 4) is 5.75 Å². The maximum Gasteiger partial charge on any atom is 0.251 e. The quantitative estimate of drug-likeness (QED) is 0.600. The SMILES string of the molecule is COc1ccc(C(=O)NCCCSC)cc1N. The minimum Gasteiger partial charge on any atom is -0.495 e. The number of benzene rings is 1. The van der Waals surface area contributed by atoms with Gasteiger partial charge in [0.15, 0.2) is 0 Å². The third kappa shape index (κ3) is 4.19. The Labute approximate surface area is 106 Å². The number of rotatable bonds is 6. The molecule has 1 aromatic rings. The number of carbonyl (C=O) groups is 1. The summed E-state index contributed by atoms with van der Waals surface area (Å²) < 4.78 is 5.03. The molecule has 0 heterocycles. The Hall–Kier alpha value is -1.36. The van der Waals surface area contributed by atoms with Crippen LogP contribution in [-0.2, 0) is 0 Å². The summed E-state index contributed by atoms with van der Waals surface area (Å²) in [5.41, 5.74) is 6.78. The summed E-state index contributed by atoms with van der Waals surface area (Å²) in [5, 5.41) is 2.85. The van der Waals surface area contributed by atoms with Crippen LogP contribution in [0.5, 0.6) is 5.75 Å². The van der Waals surface area contributed by atoms with Gasteiger partial charge in [-0.1, -0.05) is 0 Å². The molecule has 0 saturated heterocycles. The summed E-state index contributed by atoms with van der Waals surface area (Å²) >= 11 is 1.77. The summed E-state index contributed by atoms with van der Waals surface area (Å²) in [6, 6.07) is 5.04. The monoisotopic (exact) mass is 254 g/mol. The van der Waals surface area contributed by atoms with Crippen LogP contribution in [0.2, 0.25) is 0 Å². The number of hydrogen-bond acceptors (Lipinski definition) is 4. The fourth-order valence-electron chi connectivity index (χ4n) is 1.40. The number of nitrogens with one attached hydrogen (secondary N) is 1. The number of anilines is 1. The molecule has 0 atom stereocenters. The van der Waals surface area contributed by atoms with Gasteiger partial charge in [0, 0.05) is 12.1 Å². The average molecular weight is 254 g/mol. The predicted octanol–water partition coefficient (Wildman–Crippen LogP) is 1.76. The van der Waals surface area contributed by atoms with Crippen LogP contribution in [0, 0.1) is 0 Å². The maximum absolute atomic E-state index is 11.7. The summed E-state index contributed by atoms with van der Waals surface area (Å²) in [4.78, 5) is 11.7. The molecule has 0 saturated carbocycles. The van der Waals surface area contributed by atoms with Crippen LogP contribution in [0.3, 0.4) is 0 Å². The van der Waals surface area contributed by atoms with Crippen LogP contribution in [0.4, 0.5) is 5.69 Å². The van der Waals surface area contributed by atoms with E-state index in [9.17, 15) is 4.79 Å². The van der Waals surface area contributed by atoms with Gasteiger partial charge in [0.05, 0.1) is 12.8 Å². The highest BCUT2D eigenvalue weighted by Gasteiger charge is 2.07. The highest BCUT2D eigenvalue weighted by Crippen LogP contribution is 2.21. The molecular formula is C12H18N2O2S. The molecule has 94 valence electrons. The number of nitrogens with two attached hydrogens (primary N) is 1. The normalized spacial score (nSPS) is 10.0. The van der Waals surface area contributed by atoms with Gasteiger partial charge in [-0.25, -0.2) is 0 Å². The Bertz CT molecular complexity index is 383. The van der Waals surface area contributed by atoms with Crippen molar-refractivity contribution in [1.82, 2.24) is 5.32 Å². The highest BCUT2D eigenvalue weighted by molar-refractivity contribution is 7.98. The molecule has 3 N–H and O–H groups in total. The van der Waals surface area contributed by atoms with Crippen LogP contribution >= 0.6 is 11.8 Å². The Morgan fingerprint density at radius 3 is 2.88 bits per heavy atom.